The van der Waals surface area contributed by atoms with Crippen LogP contribution >= 0.6 is 23.2 Å². The Labute approximate surface area is 203 Å². The summed E-state index contributed by atoms with van der Waals surface area (Å²) in [6.07, 6.45) is 2.96. The van der Waals surface area contributed by atoms with E-state index in [1.807, 2.05) is 17.0 Å². The van der Waals surface area contributed by atoms with Crippen molar-refractivity contribution in [2.75, 3.05) is 24.5 Å². The number of amides is 2. The minimum absolute atomic E-state index is 0.0640. The minimum atomic E-state index is -0.999. The molecular weight excluding hydrogens is 463 g/mol. The summed E-state index contributed by atoms with van der Waals surface area (Å²) in [6, 6.07) is 9.09. The number of nitrogens with zero attached hydrogens (tertiary/aromatic N) is 2. The number of anilines is 1. The number of ketones is 1. The lowest BCUT2D eigenvalue weighted by atomic mass is 9.94. The molecule has 174 valence electrons. The van der Waals surface area contributed by atoms with Crippen LogP contribution in [0.5, 0.6) is 0 Å². The summed E-state index contributed by atoms with van der Waals surface area (Å²) in [4.78, 5) is 39.7. The van der Waals surface area contributed by atoms with Gasteiger partial charge in [0.2, 0.25) is 5.91 Å². The van der Waals surface area contributed by atoms with Crippen LogP contribution in [-0.2, 0) is 24.1 Å². The smallest absolute Gasteiger partial charge is 0.407 e. The van der Waals surface area contributed by atoms with Crippen molar-refractivity contribution in [2.24, 2.45) is 0 Å². The molecule has 2 aliphatic rings. The van der Waals surface area contributed by atoms with Gasteiger partial charge in [0.05, 0.1) is 5.69 Å². The van der Waals surface area contributed by atoms with Crippen LogP contribution in [0, 0.1) is 0 Å². The molecule has 0 aromatic heterocycles. The number of carboxylic acid groups (broad SMARTS) is 1. The lowest BCUT2D eigenvalue weighted by Crippen LogP contribution is -2.33. The Morgan fingerprint density at radius 2 is 1.70 bits per heavy atom. The van der Waals surface area contributed by atoms with Gasteiger partial charge in [-0.2, -0.15) is 0 Å². The first-order valence-electron chi connectivity index (χ1n) is 11.2. The largest absolute Gasteiger partial charge is 0.465 e. The highest BCUT2D eigenvalue weighted by Gasteiger charge is 2.31. The van der Waals surface area contributed by atoms with Crippen molar-refractivity contribution in [2.45, 2.75) is 44.9 Å². The molecular formula is C25H26Cl2N2O4. The molecule has 8 heteroatoms. The van der Waals surface area contributed by atoms with Gasteiger partial charge < -0.3 is 14.9 Å². The number of Topliss-reactive ketones (excluding diaryl/α,β-unsaturated/α-hetero) is 1. The molecule has 0 bridgehead atoms. The summed E-state index contributed by atoms with van der Waals surface area (Å²) in [6.45, 7) is 1.33. The first-order valence-corrected chi connectivity index (χ1v) is 12.0. The predicted molar refractivity (Wildman–Crippen MR) is 129 cm³/mol. The Bertz CT molecular complexity index is 1080. The molecule has 6 nitrogen and oxygen atoms in total. The third kappa shape index (κ3) is 5.17. The van der Waals surface area contributed by atoms with E-state index in [4.69, 9.17) is 23.2 Å². The van der Waals surface area contributed by atoms with Gasteiger partial charge in [-0.25, -0.2) is 4.79 Å². The van der Waals surface area contributed by atoms with Crippen LogP contribution in [0.25, 0.3) is 0 Å². The number of rotatable bonds is 9. The fourth-order valence-corrected chi connectivity index (χ4v) is 5.26. The highest BCUT2D eigenvalue weighted by atomic mass is 35.5. The lowest BCUT2D eigenvalue weighted by molar-refractivity contribution is -0.118. The van der Waals surface area contributed by atoms with E-state index in [0.717, 1.165) is 28.8 Å². The average Bonchev–Trinajstić information content (AvgIpc) is 3.22. The minimum Gasteiger partial charge on any atom is -0.465 e. The molecule has 0 radical (unpaired) electrons. The Morgan fingerprint density at radius 3 is 2.39 bits per heavy atom. The normalized spacial score (nSPS) is 14.4. The molecule has 2 heterocycles. The topological polar surface area (TPSA) is 77.9 Å². The molecule has 33 heavy (non-hydrogen) atoms. The number of hydrogen-bond acceptors (Lipinski definition) is 3. The molecule has 1 N–H and O–H groups in total. The molecule has 2 aromatic rings. The zero-order valence-corrected chi connectivity index (χ0v) is 19.8. The molecule has 0 atom stereocenters. The molecule has 0 unspecified atom stereocenters. The van der Waals surface area contributed by atoms with Crippen LogP contribution in [0.15, 0.2) is 30.3 Å². The first kappa shape index (κ1) is 23.6. The fourth-order valence-electron chi connectivity index (χ4n) is 4.67. The Hall–Kier alpha value is -2.57. The van der Waals surface area contributed by atoms with E-state index >= 15 is 0 Å². The Kier molecular flexibility index (Phi) is 7.25. The van der Waals surface area contributed by atoms with Gasteiger partial charge >= 0.3 is 6.09 Å². The van der Waals surface area contributed by atoms with Crippen LogP contribution in [0.3, 0.4) is 0 Å². The van der Waals surface area contributed by atoms with Crippen molar-refractivity contribution in [1.29, 1.82) is 0 Å². The van der Waals surface area contributed by atoms with Crippen molar-refractivity contribution in [1.82, 2.24) is 4.90 Å². The summed E-state index contributed by atoms with van der Waals surface area (Å²) in [5, 5.41) is 10.6. The second kappa shape index (κ2) is 10.1. The highest BCUT2D eigenvalue weighted by Crippen LogP contribution is 2.37. The predicted octanol–water partition coefficient (Wildman–Crippen LogP) is 5.40. The molecule has 2 aromatic carbocycles. The maximum absolute atomic E-state index is 12.8. The number of benzene rings is 2. The van der Waals surface area contributed by atoms with E-state index in [-0.39, 0.29) is 18.2 Å². The molecule has 4 rings (SSSR count). The molecule has 0 spiro atoms. The van der Waals surface area contributed by atoms with E-state index < -0.39 is 6.09 Å². The zero-order valence-electron chi connectivity index (χ0n) is 18.3. The number of aryl methyl sites for hydroxylation is 1. The summed E-state index contributed by atoms with van der Waals surface area (Å²) in [5.74, 6) is 0.231. The third-order valence-electron chi connectivity index (χ3n) is 6.42. The van der Waals surface area contributed by atoms with Crippen LogP contribution < -0.4 is 4.90 Å². The van der Waals surface area contributed by atoms with E-state index in [0.29, 0.717) is 67.2 Å². The Balaban J connectivity index is 1.29. The molecule has 0 saturated heterocycles. The Morgan fingerprint density at radius 1 is 1.00 bits per heavy atom. The van der Waals surface area contributed by atoms with Gasteiger partial charge in [0.25, 0.3) is 0 Å². The van der Waals surface area contributed by atoms with Gasteiger partial charge in [0.1, 0.15) is 0 Å². The lowest BCUT2D eigenvalue weighted by Gasteiger charge is -2.25. The van der Waals surface area contributed by atoms with E-state index in [1.54, 1.807) is 18.2 Å². The van der Waals surface area contributed by atoms with Gasteiger partial charge in [-0.05, 0) is 73.1 Å². The second-order valence-corrected chi connectivity index (χ2v) is 9.35. The molecule has 0 fully saturated rings. The molecule has 2 aliphatic heterocycles. The summed E-state index contributed by atoms with van der Waals surface area (Å²) < 4.78 is 0. The van der Waals surface area contributed by atoms with Crippen LogP contribution in [0.2, 0.25) is 10.0 Å². The summed E-state index contributed by atoms with van der Waals surface area (Å²) >= 11 is 12.4. The number of halogens is 2. The second-order valence-electron chi connectivity index (χ2n) is 8.54. The number of hydrogen-bond donors (Lipinski definition) is 1. The molecule has 0 aliphatic carbocycles. The first-order chi connectivity index (χ1) is 15.8. The van der Waals surface area contributed by atoms with Gasteiger partial charge in [0.15, 0.2) is 5.78 Å². The van der Waals surface area contributed by atoms with E-state index in [2.05, 4.69) is 0 Å². The maximum Gasteiger partial charge on any atom is 0.407 e. The number of unbranched alkanes of at least 4 members (excludes halogenated alkanes) is 1. The van der Waals surface area contributed by atoms with Crippen molar-refractivity contribution < 1.29 is 19.5 Å². The monoisotopic (exact) mass is 488 g/mol. The number of carbonyl (C=O) groups is 3. The quantitative estimate of drug-likeness (QED) is 0.378. The van der Waals surface area contributed by atoms with Crippen molar-refractivity contribution in [3.63, 3.8) is 0 Å². The van der Waals surface area contributed by atoms with Gasteiger partial charge in [-0.3, -0.25) is 9.59 Å². The summed E-state index contributed by atoms with van der Waals surface area (Å²) in [7, 11) is 0. The van der Waals surface area contributed by atoms with Gasteiger partial charge in [-0.1, -0.05) is 29.3 Å². The van der Waals surface area contributed by atoms with Crippen LogP contribution in [-0.4, -0.2) is 47.4 Å². The fraction of sp³-hybridized carbons (Fsp3) is 0.400. The summed E-state index contributed by atoms with van der Waals surface area (Å²) in [5.41, 5.74) is 4.62. The number of carbonyl (C=O) groups excluding carboxylic acids is 2. The molecule has 2 amide bonds. The van der Waals surface area contributed by atoms with Crippen molar-refractivity contribution in [3.8, 4) is 0 Å². The van der Waals surface area contributed by atoms with Crippen molar-refractivity contribution >= 4 is 46.7 Å². The van der Waals surface area contributed by atoms with E-state index in [9.17, 15) is 19.5 Å². The van der Waals surface area contributed by atoms with Gasteiger partial charge in [0, 0.05) is 48.1 Å². The molecule has 0 saturated carbocycles. The van der Waals surface area contributed by atoms with Crippen LogP contribution in [0.4, 0.5) is 10.5 Å². The third-order valence-corrected chi connectivity index (χ3v) is 7.13. The van der Waals surface area contributed by atoms with Gasteiger partial charge in [-0.15, -0.1) is 0 Å². The SMILES string of the molecule is O=C(CCCCN(CCc1c(Cl)cccc1Cl)C(=O)O)c1cc2c3c(c1)CCN3C(=O)CC2. The average molecular weight is 489 g/mol. The maximum atomic E-state index is 12.8. The zero-order chi connectivity index (χ0) is 23.5. The highest BCUT2D eigenvalue weighted by molar-refractivity contribution is 6.36. The standard InChI is InChI=1S/C25H26Cl2N2O4/c26-20-4-3-5-21(27)19(20)10-12-28(25(32)33)11-2-1-6-22(30)18-14-16-7-8-23(31)29-13-9-17(15-18)24(16)29/h3-5,14-15H,1-2,6-13H2,(H,32,33). The van der Waals surface area contributed by atoms with Crippen LogP contribution in [0.1, 0.15) is 52.7 Å². The van der Waals surface area contributed by atoms with Crippen molar-refractivity contribution in [3.05, 3.63) is 62.6 Å². The van der Waals surface area contributed by atoms with E-state index in [1.165, 1.54) is 4.90 Å².